The van der Waals surface area contributed by atoms with E-state index in [1.807, 2.05) is 43.9 Å². The van der Waals surface area contributed by atoms with Crippen LogP contribution in [-0.2, 0) is 14.3 Å². The van der Waals surface area contributed by atoms with Crippen LogP contribution in [0.15, 0.2) is 18.2 Å². The van der Waals surface area contributed by atoms with E-state index in [-0.39, 0.29) is 18.3 Å². The summed E-state index contributed by atoms with van der Waals surface area (Å²) in [4.78, 5) is 26.0. The van der Waals surface area contributed by atoms with Crippen molar-refractivity contribution in [3.8, 4) is 0 Å². The SMILES string of the molecule is CCN1CCOC(=O)C1CC(=O)Nc1ccc(C)cc1C. The maximum absolute atomic E-state index is 12.2. The number of hydrogen-bond acceptors (Lipinski definition) is 4. The topological polar surface area (TPSA) is 58.6 Å². The molecular weight excluding hydrogens is 268 g/mol. The first-order chi connectivity index (χ1) is 10.0. The van der Waals surface area contributed by atoms with E-state index in [0.717, 1.165) is 23.4 Å². The second-order valence-electron chi connectivity index (χ2n) is 5.38. The second kappa shape index (κ2) is 6.72. The van der Waals surface area contributed by atoms with Crippen molar-refractivity contribution in [2.45, 2.75) is 33.2 Å². The van der Waals surface area contributed by atoms with Gasteiger partial charge in [-0.05, 0) is 32.0 Å². The summed E-state index contributed by atoms with van der Waals surface area (Å²) in [6.45, 7) is 7.77. The van der Waals surface area contributed by atoms with E-state index in [1.165, 1.54) is 0 Å². The van der Waals surface area contributed by atoms with Gasteiger partial charge in [-0.25, -0.2) is 0 Å². The molecule has 2 rings (SSSR count). The molecule has 0 saturated carbocycles. The van der Waals surface area contributed by atoms with Gasteiger partial charge >= 0.3 is 5.97 Å². The van der Waals surface area contributed by atoms with Crippen LogP contribution in [-0.4, -0.2) is 42.5 Å². The molecule has 1 N–H and O–H groups in total. The Morgan fingerprint density at radius 3 is 2.86 bits per heavy atom. The molecule has 5 heteroatoms. The van der Waals surface area contributed by atoms with E-state index in [9.17, 15) is 9.59 Å². The van der Waals surface area contributed by atoms with Gasteiger partial charge in [-0.3, -0.25) is 14.5 Å². The van der Waals surface area contributed by atoms with E-state index in [1.54, 1.807) is 0 Å². The quantitative estimate of drug-likeness (QED) is 0.860. The van der Waals surface area contributed by atoms with E-state index >= 15 is 0 Å². The van der Waals surface area contributed by atoms with Crippen LogP contribution < -0.4 is 5.32 Å². The Kier molecular flexibility index (Phi) is 4.96. The summed E-state index contributed by atoms with van der Waals surface area (Å²) in [5.41, 5.74) is 2.96. The zero-order valence-electron chi connectivity index (χ0n) is 12.8. The monoisotopic (exact) mass is 290 g/mol. The summed E-state index contributed by atoms with van der Waals surface area (Å²) in [5, 5.41) is 2.88. The maximum Gasteiger partial charge on any atom is 0.323 e. The first kappa shape index (κ1) is 15.5. The normalized spacial score (nSPS) is 19.2. The smallest absolute Gasteiger partial charge is 0.323 e. The van der Waals surface area contributed by atoms with Gasteiger partial charge < -0.3 is 10.1 Å². The summed E-state index contributed by atoms with van der Waals surface area (Å²) >= 11 is 0. The summed E-state index contributed by atoms with van der Waals surface area (Å²) in [6.07, 6.45) is 0.125. The number of cyclic esters (lactones) is 1. The molecule has 1 amide bonds. The number of carbonyl (C=O) groups excluding carboxylic acids is 2. The first-order valence-corrected chi connectivity index (χ1v) is 7.29. The summed E-state index contributed by atoms with van der Waals surface area (Å²) in [5.74, 6) is -0.469. The van der Waals surface area contributed by atoms with Gasteiger partial charge in [0.05, 0.1) is 6.42 Å². The highest BCUT2D eigenvalue weighted by molar-refractivity contribution is 5.95. The van der Waals surface area contributed by atoms with E-state index in [4.69, 9.17) is 4.74 Å². The van der Waals surface area contributed by atoms with Gasteiger partial charge in [0.25, 0.3) is 0 Å². The van der Waals surface area contributed by atoms with E-state index in [0.29, 0.717) is 13.2 Å². The number of likely N-dealkylation sites (N-methyl/N-ethyl adjacent to an activating group) is 1. The molecular formula is C16H22N2O3. The van der Waals surface area contributed by atoms with Gasteiger partial charge in [0, 0.05) is 12.2 Å². The number of morpholine rings is 1. The molecule has 1 aliphatic rings. The van der Waals surface area contributed by atoms with Crippen molar-refractivity contribution in [2.75, 3.05) is 25.0 Å². The van der Waals surface area contributed by atoms with Crippen molar-refractivity contribution >= 4 is 17.6 Å². The van der Waals surface area contributed by atoms with Crippen molar-refractivity contribution in [2.24, 2.45) is 0 Å². The predicted octanol–water partition coefficient (Wildman–Crippen LogP) is 1.88. The lowest BCUT2D eigenvalue weighted by atomic mass is 10.1. The van der Waals surface area contributed by atoms with Crippen LogP contribution >= 0.6 is 0 Å². The number of aryl methyl sites for hydroxylation is 2. The number of benzene rings is 1. The lowest BCUT2D eigenvalue weighted by molar-refractivity contribution is -0.158. The zero-order chi connectivity index (χ0) is 15.4. The molecule has 0 spiro atoms. The van der Waals surface area contributed by atoms with Crippen LogP contribution in [0.1, 0.15) is 24.5 Å². The number of ether oxygens (including phenoxy) is 1. The average molecular weight is 290 g/mol. The minimum Gasteiger partial charge on any atom is -0.463 e. The third-order valence-electron chi connectivity index (χ3n) is 3.78. The maximum atomic E-state index is 12.2. The van der Waals surface area contributed by atoms with E-state index < -0.39 is 6.04 Å². The number of carbonyl (C=O) groups is 2. The number of rotatable bonds is 4. The highest BCUT2D eigenvalue weighted by atomic mass is 16.5. The number of nitrogens with one attached hydrogen (secondary N) is 1. The fourth-order valence-corrected chi connectivity index (χ4v) is 2.59. The van der Waals surface area contributed by atoms with Crippen molar-refractivity contribution in [3.05, 3.63) is 29.3 Å². The highest BCUT2D eigenvalue weighted by Gasteiger charge is 2.32. The Morgan fingerprint density at radius 1 is 1.43 bits per heavy atom. The van der Waals surface area contributed by atoms with Crippen molar-refractivity contribution in [1.82, 2.24) is 4.90 Å². The Bertz CT molecular complexity index is 542. The van der Waals surface area contributed by atoms with Crippen LogP contribution in [0.25, 0.3) is 0 Å². The molecule has 1 fully saturated rings. The van der Waals surface area contributed by atoms with Crippen molar-refractivity contribution < 1.29 is 14.3 Å². The second-order valence-corrected chi connectivity index (χ2v) is 5.38. The van der Waals surface area contributed by atoms with Crippen molar-refractivity contribution in [1.29, 1.82) is 0 Å². The number of hydrogen-bond donors (Lipinski definition) is 1. The molecule has 1 heterocycles. The average Bonchev–Trinajstić information content (AvgIpc) is 2.44. The zero-order valence-corrected chi connectivity index (χ0v) is 12.8. The summed E-state index contributed by atoms with van der Waals surface area (Å²) in [6, 6.07) is 5.38. The fraction of sp³-hybridized carbons (Fsp3) is 0.500. The molecule has 5 nitrogen and oxygen atoms in total. The number of esters is 1. The molecule has 1 unspecified atom stereocenters. The molecule has 0 radical (unpaired) electrons. The molecule has 0 aromatic heterocycles. The number of anilines is 1. The molecule has 21 heavy (non-hydrogen) atoms. The standard InChI is InChI=1S/C16H22N2O3/c1-4-18-7-8-21-16(20)14(18)10-15(19)17-13-6-5-11(2)9-12(13)3/h5-6,9,14H,4,7-8,10H2,1-3H3,(H,17,19). The molecule has 114 valence electrons. The summed E-state index contributed by atoms with van der Waals surface area (Å²) < 4.78 is 5.05. The summed E-state index contributed by atoms with van der Waals surface area (Å²) in [7, 11) is 0. The van der Waals surface area contributed by atoms with Gasteiger partial charge in [-0.15, -0.1) is 0 Å². The van der Waals surface area contributed by atoms with Crippen LogP contribution in [0.4, 0.5) is 5.69 Å². The van der Waals surface area contributed by atoms with Crippen LogP contribution in [0, 0.1) is 13.8 Å². The van der Waals surface area contributed by atoms with Gasteiger partial charge in [-0.2, -0.15) is 0 Å². The minimum absolute atomic E-state index is 0.125. The lowest BCUT2D eigenvalue weighted by Crippen LogP contribution is -2.50. The molecule has 1 aromatic rings. The van der Waals surface area contributed by atoms with Crippen LogP contribution in [0.2, 0.25) is 0 Å². The minimum atomic E-state index is -0.477. The van der Waals surface area contributed by atoms with Gasteiger partial charge in [-0.1, -0.05) is 24.6 Å². The highest BCUT2D eigenvalue weighted by Crippen LogP contribution is 2.18. The van der Waals surface area contributed by atoms with Gasteiger partial charge in [0.1, 0.15) is 12.6 Å². The number of amides is 1. The Labute approximate surface area is 125 Å². The molecule has 0 aliphatic carbocycles. The Hall–Kier alpha value is -1.88. The molecule has 0 bridgehead atoms. The fourth-order valence-electron chi connectivity index (χ4n) is 2.59. The van der Waals surface area contributed by atoms with Gasteiger partial charge in [0.2, 0.25) is 5.91 Å². The Morgan fingerprint density at radius 2 is 2.19 bits per heavy atom. The third kappa shape index (κ3) is 3.82. The van der Waals surface area contributed by atoms with Crippen LogP contribution in [0.5, 0.6) is 0 Å². The third-order valence-corrected chi connectivity index (χ3v) is 3.78. The van der Waals surface area contributed by atoms with Gasteiger partial charge in [0.15, 0.2) is 0 Å². The largest absolute Gasteiger partial charge is 0.463 e. The van der Waals surface area contributed by atoms with Crippen molar-refractivity contribution in [3.63, 3.8) is 0 Å². The Balaban J connectivity index is 2.01. The molecule has 1 atom stereocenters. The lowest BCUT2D eigenvalue weighted by Gasteiger charge is -2.32. The first-order valence-electron chi connectivity index (χ1n) is 7.29. The number of nitrogens with zero attached hydrogens (tertiary/aromatic N) is 1. The van der Waals surface area contributed by atoms with E-state index in [2.05, 4.69) is 5.32 Å². The molecule has 1 saturated heterocycles. The van der Waals surface area contributed by atoms with Crippen LogP contribution in [0.3, 0.4) is 0 Å². The molecule has 1 aromatic carbocycles. The predicted molar refractivity (Wildman–Crippen MR) is 81.2 cm³/mol. The molecule has 1 aliphatic heterocycles.